The Kier molecular flexibility index (Phi) is 4.44. The van der Waals surface area contributed by atoms with Crippen LogP contribution >= 0.6 is 11.3 Å². The van der Waals surface area contributed by atoms with Crippen molar-refractivity contribution >= 4 is 11.3 Å². The van der Waals surface area contributed by atoms with Gasteiger partial charge in [0.1, 0.15) is 0 Å². The van der Waals surface area contributed by atoms with Gasteiger partial charge in [0, 0.05) is 42.5 Å². The van der Waals surface area contributed by atoms with E-state index >= 15 is 0 Å². The molecule has 2 rings (SSSR count). The van der Waals surface area contributed by atoms with E-state index in [2.05, 4.69) is 47.2 Å². The highest BCUT2D eigenvalue weighted by Crippen LogP contribution is 2.18. The average molecular weight is 261 g/mol. The Morgan fingerprint density at radius 1 is 1.39 bits per heavy atom. The molecule has 0 radical (unpaired) electrons. The largest absolute Gasteiger partial charge is 0.298 e. The molecule has 0 aromatic carbocycles. The highest BCUT2D eigenvalue weighted by Gasteiger charge is 2.12. The minimum atomic E-state index is 0.461. The number of thiophene rings is 1. The van der Waals surface area contributed by atoms with E-state index < -0.39 is 0 Å². The van der Waals surface area contributed by atoms with Gasteiger partial charge in [0.05, 0.1) is 5.69 Å². The zero-order valence-electron chi connectivity index (χ0n) is 11.1. The third-order valence-corrected chi connectivity index (χ3v) is 4.24. The average Bonchev–Trinajstić information content (AvgIpc) is 2.76. The van der Waals surface area contributed by atoms with Crippen molar-refractivity contribution in [3.63, 3.8) is 0 Å². The molecule has 0 amide bonds. The number of rotatable bonds is 5. The summed E-state index contributed by atoms with van der Waals surface area (Å²) in [7, 11) is 2.17. The first-order valence-electron chi connectivity index (χ1n) is 6.15. The van der Waals surface area contributed by atoms with E-state index in [0.29, 0.717) is 6.04 Å². The molecule has 0 saturated heterocycles. The Hall–Kier alpha value is -1.26. The van der Waals surface area contributed by atoms with Crippen LogP contribution in [0.2, 0.25) is 0 Å². The van der Waals surface area contributed by atoms with Crippen molar-refractivity contribution in [2.75, 3.05) is 7.05 Å². The monoisotopic (exact) mass is 261 g/mol. The van der Waals surface area contributed by atoms with Crippen LogP contribution in [-0.2, 0) is 13.0 Å². The molecule has 18 heavy (non-hydrogen) atoms. The molecule has 1 atom stereocenters. The van der Waals surface area contributed by atoms with E-state index in [1.807, 2.05) is 17.5 Å². The minimum Gasteiger partial charge on any atom is -0.298 e. The third kappa shape index (κ3) is 3.37. The summed E-state index contributed by atoms with van der Waals surface area (Å²) < 4.78 is 0. The molecule has 0 aliphatic heterocycles. The van der Waals surface area contributed by atoms with Crippen molar-refractivity contribution in [2.24, 2.45) is 0 Å². The molecule has 2 heterocycles. The quantitative estimate of drug-likeness (QED) is 0.828. The van der Waals surface area contributed by atoms with E-state index in [-0.39, 0.29) is 0 Å². The maximum atomic E-state index is 4.33. The summed E-state index contributed by atoms with van der Waals surface area (Å²) in [5.41, 5.74) is 2.44. The molecule has 2 aromatic heterocycles. The summed E-state index contributed by atoms with van der Waals surface area (Å²) in [4.78, 5) is 12.3. The molecule has 0 saturated carbocycles. The molecule has 4 heteroatoms. The minimum absolute atomic E-state index is 0.461. The van der Waals surface area contributed by atoms with Gasteiger partial charge < -0.3 is 0 Å². The first-order valence-corrected chi connectivity index (χ1v) is 7.03. The van der Waals surface area contributed by atoms with Gasteiger partial charge >= 0.3 is 0 Å². The number of aromatic nitrogens is 2. The van der Waals surface area contributed by atoms with Gasteiger partial charge in [0.25, 0.3) is 0 Å². The third-order valence-electron chi connectivity index (χ3n) is 3.23. The molecular weight excluding hydrogens is 242 g/mol. The van der Waals surface area contributed by atoms with E-state index in [9.17, 15) is 0 Å². The molecule has 0 unspecified atom stereocenters. The van der Waals surface area contributed by atoms with Crippen LogP contribution in [0.3, 0.4) is 0 Å². The molecule has 0 fully saturated rings. The summed E-state index contributed by atoms with van der Waals surface area (Å²) in [6, 6.07) is 2.64. The van der Waals surface area contributed by atoms with Gasteiger partial charge in [0.15, 0.2) is 0 Å². The molecule has 0 N–H and O–H groups in total. The SMILES string of the molecule is Cc1ccsc1CN(C)[C@H](C)Cc1cnccn1. The summed E-state index contributed by atoms with van der Waals surface area (Å²) in [6.07, 6.45) is 6.26. The van der Waals surface area contributed by atoms with Crippen molar-refractivity contribution in [3.8, 4) is 0 Å². The zero-order valence-corrected chi connectivity index (χ0v) is 11.9. The standard InChI is InChI=1S/C14H19N3S/c1-11-4-7-18-14(11)10-17(3)12(2)8-13-9-15-5-6-16-13/h4-7,9,12H,8,10H2,1-3H3/t12-/m1/s1. The summed E-state index contributed by atoms with van der Waals surface area (Å²) >= 11 is 1.83. The molecule has 0 bridgehead atoms. The number of nitrogens with zero attached hydrogens (tertiary/aromatic N) is 3. The normalized spacial score (nSPS) is 12.9. The second-order valence-electron chi connectivity index (χ2n) is 4.69. The first kappa shape index (κ1) is 13.2. The van der Waals surface area contributed by atoms with E-state index in [0.717, 1.165) is 18.7 Å². The number of likely N-dealkylation sites (N-methyl/N-ethyl adjacent to an activating group) is 1. The van der Waals surface area contributed by atoms with Crippen molar-refractivity contribution in [1.29, 1.82) is 0 Å². The Morgan fingerprint density at radius 2 is 2.22 bits per heavy atom. The maximum absolute atomic E-state index is 4.33. The molecule has 0 aliphatic carbocycles. The van der Waals surface area contributed by atoms with E-state index in [1.54, 1.807) is 12.4 Å². The van der Waals surface area contributed by atoms with Crippen LogP contribution in [0.4, 0.5) is 0 Å². The number of hydrogen-bond donors (Lipinski definition) is 0. The van der Waals surface area contributed by atoms with Crippen molar-refractivity contribution in [1.82, 2.24) is 14.9 Å². The topological polar surface area (TPSA) is 29.0 Å². The Labute approximate surface area is 113 Å². The summed E-state index contributed by atoms with van der Waals surface area (Å²) in [6.45, 7) is 5.41. The fourth-order valence-electron chi connectivity index (χ4n) is 1.84. The van der Waals surface area contributed by atoms with Gasteiger partial charge in [-0.1, -0.05) is 0 Å². The van der Waals surface area contributed by atoms with Crippen molar-refractivity contribution < 1.29 is 0 Å². The fraction of sp³-hybridized carbons (Fsp3) is 0.429. The predicted molar refractivity (Wildman–Crippen MR) is 75.7 cm³/mol. The zero-order chi connectivity index (χ0) is 13.0. The smallest absolute Gasteiger partial charge is 0.0602 e. The van der Waals surface area contributed by atoms with Gasteiger partial charge in [0.2, 0.25) is 0 Å². The van der Waals surface area contributed by atoms with Gasteiger partial charge in [-0.05, 0) is 37.9 Å². The van der Waals surface area contributed by atoms with Gasteiger partial charge in [-0.3, -0.25) is 14.9 Å². The predicted octanol–water partition coefficient (Wildman–Crippen LogP) is 2.91. The van der Waals surface area contributed by atoms with Crippen LogP contribution in [0, 0.1) is 6.92 Å². The van der Waals surface area contributed by atoms with Crippen LogP contribution < -0.4 is 0 Å². The number of aryl methyl sites for hydroxylation is 1. The lowest BCUT2D eigenvalue weighted by molar-refractivity contribution is 0.248. The van der Waals surface area contributed by atoms with Gasteiger partial charge in [-0.15, -0.1) is 11.3 Å². The molecule has 0 spiro atoms. The lowest BCUT2D eigenvalue weighted by Gasteiger charge is -2.24. The fourth-order valence-corrected chi connectivity index (χ4v) is 2.81. The molecule has 3 nitrogen and oxygen atoms in total. The lowest BCUT2D eigenvalue weighted by Crippen LogP contribution is -2.30. The maximum Gasteiger partial charge on any atom is 0.0602 e. The Bertz CT molecular complexity index is 481. The van der Waals surface area contributed by atoms with Crippen LogP contribution in [0.25, 0.3) is 0 Å². The Balaban J connectivity index is 1.93. The van der Waals surface area contributed by atoms with Crippen molar-refractivity contribution in [2.45, 2.75) is 32.9 Å². The highest BCUT2D eigenvalue weighted by molar-refractivity contribution is 7.10. The first-order chi connectivity index (χ1) is 8.66. The molecular formula is C14H19N3S. The van der Waals surface area contributed by atoms with E-state index in [1.165, 1.54) is 10.4 Å². The van der Waals surface area contributed by atoms with Crippen LogP contribution in [-0.4, -0.2) is 28.0 Å². The highest BCUT2D eigenvalue weighted by atomic mass is 32.1. The van der Waals surface area contributed by atoms with Crippen LogP contribution in [0.5, 0.6) is 0 Å². The van der Waals surface area contributed by atoms with Crippen LogP contribution in [0.1, 0.15) is 23.1 Å². The number of hydrogen-bond acceptors (Lipinski definition) is 4. The second kappa shape index (κ2) is 6.07. The van der Waals surface area contributed by atoms with Gasteiger partial charge in [-0.2, -0.15) is 0 Å². The second-order valence-corrected chi connectivity index (χ2v) is 5.69. The lowest BCUT2D eigenvalue weighted by atomic mass is 10.1. The summed E-state index contributed by atoms with van der Waals surface area (Å²) in [5.74, 6) is 0. The van der Waals surface area contributed by atoms with Gasteiger partial charge in [-0.25, -0.2) is 0 Å². The summed E-state index contributed by atoms with van der Waals surface area (Å²) in [5, 5.41) is 2.16. The Morgan fingerprint density at radius 3 is 2.83 bits per heavy atom. The molecule has 96 valence electrons. The van der Waals surface area contributed by atoms with Crippen LogP contribution in [0.15, 0.2) is 30.0 Å². The molecule has 2 aromatic rings. The van der Waals surface area contributed by atoms with E-state index in [4.69, 9.17) is 0 Å². The molecule has 0 aliphatic rings. The van der Waals surface area contributed by atoms with Crippen molar-refractivity contribution in [3.05, 3.63) is 46.2 Å².